The minimum atomic E-state index is -3.76. The number of ketones is 1. The summed E-state index contributed by atoms with van der Waals surface area (Å²) in [5.74, 6) is 2.93. The number of fused-ring (bicyclic) bond motifs is 7. The number of allylic oxidation sites excluding steroid dienone is 1. The van der Waals surface area contributed by atoms with Crippen LogP contribution in [0.3, 0.4) is 0 Å². The molecule has 202 valence electrons. The molecule has 5 aliphatic rings. The van der Waals surface area contributed by atoms with Crippen molar-refractivity contribution in [2.24, 2.45) is 39.9 Å². The molecule has 5 heteroatoms. The maximum Gasteiger partial charge on any atom is 0.297 e. The first-order valence-corrected chi connectivity index (χ1v) is 16.1. The molecule has 0 unspecified atom stereocenters. The van der Waals surface area contributed by atoms with Crippen LogP contribution in [0.5, 0.6) is 0 Å². The molecule has 0 saturated heterocycles. The molecule has 0 bridgehead atoms. The smallest absolute Gasteiger partial charge is 0.297 e. The maximum absolute atomic E-state index is 13.3. The second-order valence-electron chi connectivity index (χ2n) is 13.6. The summed E-state index contributed by atoms with van der Waals surface area (Å²) in [6.45, 7) is 8.79. The molecule has 1 aromatic rings. The van der Waals surface area contributed by atoms with Crippen LogP contribution in [0.2, 0.25) is 0 Å². The topological polar surface area (TPSA) is 60.4 Å². The highest BCUT2D eigenvalue weighted by Crippen LogP contribution is 2.73. The van der Waals surface area contributed by atoms with Crippen molar-refractivity contribution in [1.29, 1.82) is 0 Å². The Morgan fingerprint density at radius 1 is 0.973 bits per heavy atom. The van der Waals surface area contributed by atoms with E-state index in [1.165, 1.54) is 44.1 Å². The van der Waals surface area contributed by atoms with Gasteiger partial charge >= 0.3 is 0 Å². The minimum Gasteiger partial charge on any atom is -0.299 e. The van der Waals surface area contributed by atoms with Gasteiger partial charge in [-0.15, -0.1) is 0 Å². The van der Waals surface area contributed by atoms with Crippen molar-refractivity contribution in [3.63, 3.8) is 0 Å². The second kappa shape index (κ2) is 8.78. The van der Waals surface area contributed by atoms with Crippen LogP contribution in [-0.2, 0) is 19.1 Å². The average molecular weight is 525 g/mol. The Hall–Kier alpha value is -1.46. The highest BCUT2D eigenvalue weighted by atomic mass is 32.2. The molecule has 8 atom stereocenters. The molecule has 0 aromatic heterocycles. The Morgan fingerprint density at radius 3 is 2.46 bits per heavy atom. The largest absolute Gasteiger partial charge is 0.299 e. The highest BCUT2D eigenvalue weighted by Gasteiger charge is 2.68. The van der Waals surface area contributed by atoms with Crippen molar-refractivity contribution in [2.75, 3.05) is 0 Å². The molecule has 0 N–H and O–H groups in total. The predicted octanol–water partition coefficient (Wildman–Crippen LogP) is 7.41. The zero-order valence-electron chi connectivity index (χ0n) is 23.1. The van der Waals surface area contributed by atoms with Gasteiger partial charge in [-0.2, -0.15) is 8.42 Å². The van der Waals surface area contributed by atoms with Crippen molar-refractivity contribution >= 4 is 15.9 Å². The van der Waals surface area contributed by atoms with Gasteiger partial charge in [-0.05, 0) is 118 Å². The molecule has 0 spiro atoms. The highest BCUT2D eigenvalue weighted by molar-refractivity contribution is 7.86. The monoisotopic (exact) mass is 524 g/mol. The Labute approximate surface area is 223 Å². The van der Waals surface area contributed by atoms with Gasteiger partial charge in [0.25, 0.3) is 10.1 Å². The Balaban J connectivity index is 1.24. The number of carbonyl (C=O) groups is 1. The summed E-state index contributed by atoms with van der Waals surface area (Å²) in [6.07, 6.45) is 14.2. The first-order chi connectivity index (χ1) is 17.5. The van der Waals surface area contributed by atoms with Crippen molar-refractivity contribution < 1.29 is 17.4 Å². The van der Waals surface area contributed by atoms with Crippen molar-refractivity contribution in [3.8, 4) is 0 Å². The summed E-state index contributed by atoms with van der Waals surface area (Å²) < 4.78 is 31.8. The van der Waals surface area contributed by atoms with E-state index < -0.39 is 10.1 Å². The van der Waals surface area contributed by atoms with Gasteiger partial charge in [-0.1, -0.05) is 56.0 Å². The fraction of sp³-hybridized carbons (Fsp3) is 0.719. The van der Waals surface area contributed by atoms with E-state index in [1.54, 1.807) is 12.1 Å². The summed E-state index contributed by atoms with van der Waals surface area (Å²) in [6, 6.07) is 6.94. The molecule has 0 radical (unpaired) electrons. The van der Waals surface area contributed by atoms with E-state index >= 15 is 0 Å². The maximum atomic E-state index is 13.3. The summed E-state index contributed by atoms with van der Waals surface area (Å²) in [4.78, 5) is 13.6. The lowest BCUT2D eigenvalue weighted by Crippen LogP contribution is -2.55. The molecular weight excluding hydrogens is 480 g/mol. The fourth-order valence-corrected chi connectivity index (χ4v) is 11.5. The molecule has 6 rings (SSSR count). The number of aryl methyl sites for hydroxylation is 1. The first-order valence-electron chi connectivity index (χ1n) is 14.7. The average Bonchev–Trinajstić information content (AvgIpc) is 3.14. The molecule has 4 saturated carbocycles. The third-order valence-electron chi connectivity index (χ3n) is 12.3. The van der Waals surface area contributed by atoms with Crippen molar-refractivity contribution in [2.45, 2.75) is 109 Å². The lowest BCUT2D eigenvalue weighted by atomic mass is 9.44. The lowest BCUT2D eigenvalue weighted by Gasteiger charge is -2.60. The van der Waals surface area contributed by atoms with Crippen molar-refractivity contribution in [1.82, 2.24) is 0 Å². The Kier molecular flexibility index (Phi) is 6.12. The third kappa shape index (κ3) is 3.69. The second-order valence-corrected chi connectivity index (χ2v) is 15.2. The van der Waals surface area contributed by atoms with E-state index in [9.17, 15) is 13.2 Å². The first kappa shape index (κ1) is 25.8. The summed E-state index contributed by atoms with van der Waals surface area (Å²) >= 11 is 0. The van der Waals surface area contributed by atoms with Crippen LogP contribution >= 0.6 is 0 Å². The molecular formula is C32H44O4S. The zero-order valence-corrected chi connectivity index (χ0v) is 23.9. The van der Waals surface area contributed by atoms with Gasteiger partial charge in [0.15, 0.2) is 0 Å². The normalized spacial score (nSPS) is 43.1. The number of hydrogen-bond acceptors (Lipinski definition) is 4. The molecule has 0 heterocycles. The Bertz CT molecular complexity index is 1220. The molecule has 4 nitrogen and oxygen atoms in total. The van der Waals surface area contributed by atoms with Gasteiger partial charge in [0.2, 0.25) is 0 Å². The zero-order chi connectivity index (χ0) is 26.2. The van der Waals surface area contributed by atoms with Gasteiger partial charge < -0.3 is 0 Å². The van der Waals surface area contributed by atoms with Crippen LogP contribution in [0.25, 0.3) is 0 Å². The van der Waals surface area contributed by atoms with Gasteiger partial charge in [-0.25, -0.2) is 0 Å². The molecule has 0 aliphatic heterocycles. The SMILES string of the molecule is CC(=O)[C@@]12CCCC[C@@H]1C[C@H]1[C@H]3CC=C4C[C@@H](OS(=O)(=O)c5ccc(C)cc5)CC[C@@]4(C)[C@H]3CC[C@@]12C. The van der Waals surface area contributed by atoms with Crippen LogP contribution < -0.4 is 0 Å². The van der Waals surface area contributed by atoms with Crippen LogP contribution in [0, 0.1) is 46.8 Å². The van der Waals surface area contributed by atoms with E-state index in [-0.39, 0.29) is 27.2 Å². The van der Waals surface area contributed by atoms with Crippen LogP contribution in [0.4, 0.5) is 0 Å². The van der Waals surface area contributed by atoms with E-state index in [4.69, 9.17) is 4.18 Å². The van der Waals surface area contributed by atoms with Crippen molar-refractivity contribution in [3.05, 3.63) is 41.5 Å². The number of benzene rings is 1. The number of carbonyl (C=O) groups excluding carboxylic acids is 1. The molecule has 37 heavy (non-hydrogen) atoms. The summed E-state index contributed by atoms with van der Waals surface area (Å²) in [7, 11) is -3.76. The van der Waals surface area contributed by atoms with Gasteiger partial charge in [0.05, 0.1) is 11.0 Å². The third-order valence-corrected chi connectivity index (χ3v) is 13.7. The van der Waals surface area contributed by atoms with Gasteiger partial charge in [-0.3, -0.25) is 8.98 Å². The minimum absolute atomic E-state index is 0.0956. The van der Waals surface area contributed by atoms with Gasteiger partial charge in [0, 0.05) is 5.41 Å². The lowest BCUT2D eigenvalue weighted by molar-refractivity contribution is -0.147. The quantitative estimate of drug-likeness (QED) is 0.304. The van der Waals surface area contributed by atoms with Gasteiger partial charge in [0.1, 0.15) is 5.78 Å². The van der Waals surface area contributed by atoms with Crippen LogP contribution in [0.15, 0.2) is 40.8 Å². The number of rotatable bonds is 4. The van der Waals surface area contributed by atoms with E-state index in [0.29, 0.717) is 35.9 Å². The summed E-state index contributed by atoms with van der Waals surface area (Å²) in [5, 5.41) is 0. The number of hydrogen-bond donors (Lipinski definition) is 0. The predicted molar refractivity (Wildman–Crippen MR) is 145 cm³/mol. The number of Topliss-reactive ketones (excluding diaryl/α,β-unsaturated/α-hetero) is 1. The van der Waals surface area contributed by atoms with E-state index in [1.807, 2.05) is 26.0 Å². The fourth-order valence-electron chi connectivity index (χ4n) is 10.4. The molecule has 1 aromatic carbocycles. The Morgan fingerprint density at radius 2 is 1.73 bits per heavy atom. The van der Waals surface area contributed by atoms with E-state index in [0.717, 1.165) is 31.2 Å². The van der Waals surface area contributed by atoms with Crippen LogP contribution in [-0.4, -0.2) is 20.3 Å². The van der Waals surface area contributed by atoms with Crippen LogP contribution in [0.1, 0.15) is 97.0 Å². The van der Waals surface area contributed by atoms with E-state index in [2.05, 4.69) is 19.9 Å². The molecule has 4 fully saturated rings. The molecule has 0 amide bonds. The summed E-state index contributed by atoms with van der Waals surface area (Å²) in [5.41, 5.74) is 2.61. The molecule has 5 aliphatic carbocycles. The standard InChI is InChI=1S/C32H44O4S/c1-21-8-11-26(12-9-21)37(34,35)36-25-14-17-30(3)23(19-25)10-13-27-28(30)15-18-31(4)29(27)20-24-7-5-6-16-32(24,31)22(2)33/h8-12,24-25,27-29H,5-7,13-20H2,1-4H3/t24-,25+,27+,28+,29+,30-,31+,32+/m1/s1.